The van der Waals surface area contributed by atoms with Crippen LogP contribution >= 0.6 is 11.3 Å². The Morgan fingerprint density at radius 3 is 2.96 bits per heavy atom. The highest BCUT2D eigenvalue weighted by Gasteiger charge is 2.20. The molecule has 0 saturated heterocycles. The molecule has 0 spiro atoms. The summed E-state index contributed by atoms with van der Waals surface area (Å²) in [6.45, 7) is 5.00. The van der Waals surface area contributed by atoms with E-state index in [1.54, 1.807) is 11.3 Å². The van der Waals surface area contributed by atoms with Gasteiger partial charge in [-0.15, -0.1) is 11.3 Å². The van der Waals surface area contributed by atoms with Gasteiger partial charge in [0.2, 0.25) is 5.91 Å². The molecular weight excluding hydrogens is 304 g/mol. The minimum absolute atomic E-state index is 0.0669. The van der Waals surface area contributed by atoms with Gasteiger partial charge in [-0.25, -0.2) is 0 Å². The van der Waals surface area contributed by atoms with Gasteiger partial charge in [0.15, 0.2) is 0 Å². The van der Waals surface area contributed by atoms with Crippen molar-refractivity contribution >= 4 is 28.5 Å². The first-order valence-electron chi connectivity index (χ1n) is 7.95. The molecule has 1 aliphatic heterocycles. The number of nitrogens with one attached hydrogen (secondary N) is 2. The summed E-state index contributed by atoms with van der Waals surface area (Å²) in [5, 5.41) is 8.55. The number of hydrogen-bond donors (Lipinski definition) is 2. The van der Waals surface area contributed by atoms with E-state index in [4.69, 9.17) is 0 Å². The zero-order chi connectivity index (χ0) is 16.2. The standard InChI is InChI=1S/C19H22N2OS/c1-13-4-3-5-16(10-13)21-18(22)12-17-11-15(6-8-20-17)19-14(2)7-9-23-19/h3-7,9-10,17,20H,8,11-12H2,1-2H3,(H,21,22). The number of amides is 1. The van der Waals surface area contributed by atoms with E-state index < -0.39 is 0 Å². The van der Waals surface area contributed by atoms with E-state index in [2.05, 4.69) is 35.1 Å². The number of thiophene rings is 1. The first kappa shape index (κ1) is 16.0. The molecule has 0 radical (unpaired) electrons. The monoisotopic (exact) mass is 326 g/mol. The van der Waals surface area contributed by atoms with E-state index in [1.807, 2.05) is 31.2 Å². The average Bonchev–Trinajstić information content (AvgIpc) is 2.93. The highest BCUT2D eigenvalue weighted by molar-refractivity contribution is 7.11. The summed E-state index contributed by atoms with van der Waals surface area (Å²) in [4.78, 5) is 13.6. The summed E-state index contributed by atoms with van der Waals surface area (Å²) in [7, 11) is 0. The van der Waals surface area contributed by atoms with Gasteiger partial charge in [0.1, 0.15) is 0 Å². The van der Waals surface area contributed by atoms with E-state index in [-0.39, 0.29) is 11.9 Å². The van der Waals surface area contributed by atoms with E-state index in [9.17, 15) is 4.79 Å². The molecule has 2 aromatic rings. The van der Waals surface area contributed by atoms with Crippen LogP contribution in [-0.2, 0) is 4.79 Å². The van der Waals surface area contributed by atoms with Crippen molar-refractivity contribution < 1.29 is 4.79 Å². The Labute approximate surface area is 141 Å². The highest BCUT2D eigenvalue weighted by Crippen LogP contribution is 2.30. The maximum atomic E-state index is 12.3. The molecular formula is C19H22N2OS. The van der Waals surface area contributed by atoms with Crippen LogP contribution in [0.1, 0.15) is 28.8 Å². The lowest BCUT2D eigenvalue weighted by molar-refractivity contribution is -0.116. The lowest BCUT2D eigenvalue weighted by atomic mass is 9.96. The second-order valence-corrected chi connectivity index (χ2v) is 7.01. The zero-order valence-corrected chi connectivity index (χ0v) is 14.4. The van der Waals surface area contributed by atoms with Crippen LogP contribution in [0.15, 0.2) is 41.8 Å². The van der Waals surface area contributed by atoms with Crippen molar-refractivity contribution in [3.8, 4) is 0 Å². The Kier molecular flexibility index (Phi) is 4.94. The van der Waals surface area contributed by atoms with E-state index in [1.165, 1.54) is 16.0 Å². The third-order valence-electron chi connectivity index (χ3n) is 4.11. The molecule has 23 heavy (non-hydrogen) atoms. The molecule has 1 unspecified atom stereocenters. The van der Waals surface area contributed by atoms with Crippen LogP contribution in [0.5, 0.6) is 0 Å². The van der Waals surface area contributed by atoms with Gasteiger partial charge in [-0.05, 0) is 60.5 Å². The Morgan fingerprint density at radius 1 is 1.35 bits per heavy atom. The lowest BCUT2D eigenvalue weighted by Crippen LogP contribution is -2.36. The topological polar surface area (TPSA) is 41.1 Å². The second kappa shape index (κ2) is 7.11. The Bertz CT molecular complexity index is 732. The zero-order valence-electron chi connectivity index (χ0n) is 13.6. The Balaban J connectivity index is 1.59. The van der Waals surface area contributed by atoms with Crippen LogP contribution in [0.3, 0.4) is 0 Å². The smallest absolute Gasteiger partial charge is 0.225 e. The summed E-state index contributed by atoms with van der Waals surface area (Å²) >= 11 is 1.78. The molecule has 1 aromatic carbocycles. The van der Waals surface area contributed by atoms with Crippen molar-refractivity contribution in [1.29, 1.82) is 0 Å². The molecule has 1 aromatic heterocycles. The molecule has 4 heteroatoms. The van der Waals surface area contributed by atoms with Gasteiger partial charge in [-0.2, -0.15) is 0 Å². The first-order valence-corrected chi connectivity index (χ1v) is 8.83. The highest BCUT2D eigenvalue weighted by atomic mass is 32.1. The van der Waals surface area contributed by atoms with Gasteiger partial charge in [0, 0.05) is 29.6 Å². The van der Waals surface area contributed by atoms with Crippen LogP contribution in [0.4, 0.5) is 5.69 Å². The molecule has 3 rings (SSSR count). The minimum atomic E-state index is 0.0669. The number of hydrogen-bond acceptors (Lipinski definition) is 3. The van der Waals surface area contributed by atoms with Gasteiger partial charge in [-0.3, -0.25) is 4.79 Å². The molecule has 1 amide bonds. The van der Waals surface area contributed by atoms with Crippen LogP contribution in [0.25, 0.3) is 5.57 Å². The van der Waals surface area contributed by atoms with Gasteiger partial charge >= 0.3 is 0 Å². The number of carbonyl (C=O) groups excluding carboxylic acids is 1. The predicted octanol–water partition coefficient (Wildman–Crippen LogP) is 4.14. The van der Waals surface area contributed by atoms with Crippen molar-refractivity contribution in [3.05, 3.63) is 57.8 Å². The van der Waals surface area contributed by atoms with Crippen molar-refractivity contribution in [2.45, 2.75) is 32.7 Å². The molecule has 0 fully saturated rings. The molecule has 0 aliphatic carbocycles. The summed E-state index contributed by atoms with van der Waals surface area (Å²) in [5.41, 5.74) is 4.71. The fraction of sp³-hybridized carbons (Fsp3) is 0.316. The fourth-order valence-electron chi connectivity index (χ4n) is 2.96. The van der Waals surface area contributed by atoms with Gasteiger partial charge in [0.05, 0.1) is 0 Å². The van der Waals surface area contributed by atoms with Crippen molar-refractivity contribution in [1.82, 2.24) is 5.32 Å². The first-order chi connectivity index (χ1) is 11.1. The maximum Gasteiger partial charge on any atom is 0.225 e. The summed E-state index contributed by atoms with van der Waals surface area (Å²) in [6, 6.07) is 10.3. The van der Waals surface area contributed by atoms with Gasteiger partial charge in [-0.1, -0.05) is 18.2 Å². The Morgan fingerprint density at radius 2 is 2.22 bits per heavy atom. The lowest BCUT2D eigenvalue weighted by Gasteiger charge is -2.24. The van der Waals surface area contributed by atoms with Gasteiger partial charge in [0.25, 0.3) is 0 Å². The molecule has 3 nitrogen and oxygen atoms in total. The van der Waals surface area contributed by atoms with Crippen LogP contribution in [-0.4, -0.2) is 18.5 Å². The largest absolute Gasteiger partial charge is 0.326 e. The number of anilines is 1. The molecule has 0 saturated carbocycles. The second-order valence-electron chi connectivity index (χ2n) is 6.09. The molecule has 1 atom stereocenters. The third-order valence-corrected chi connectivity index (χ3v) is 5.20. The van der Waals surface area contributed by atoms with Crippen molar-refractivity contribution in [2.75, 3.05) is 11.9 Å². The van der Waals surface area contributed by atoms with E-state index >= 15 is 0 Å². The van der Waals surface area contributed by atoms with Crippen molar-refractivity contribution in [3.63, 3.8) is 0 Å². The Hall–Kier alpha value is -1.91. The van der Waals surface area contributed by atoms with E-state index in [0.29, 0.717) is 6.42 Å². The minimum Gasteiger partial charge on any atom is -0.326 e. The number of aryl methyl sites for hydroxylation is 2. The molecule has 120 valence electrons. The number of benzene rings is 1. The third kappa shape index (κ3) is 4.09. The number of rotatable bonds is 4. The molecule has 1 aliphatic rings. The fourth-order valence-corrected chi connectivity index (χ4v) is 3.94. The molecule has 0 bridgehead atoms. The maximum absolute atomic E-state index is 12.3. The predicted molar refractivity (Wildman–Crippen MR) is 97.9 cm³/mol. The molecule has 2 heterocycles. The SMILES string of the molecule is Cc1cccc(NC(=O)CC2CC(c3sccc3C)=CCN2)c1. The average molecular weight is 326 g/mol. The summed E-state index contributed by atoms with van der Waals surface area (Å²) < 4.78 is 0. The van der Waals surface area contributed by atoms with Crippen molar-refractivity contribution in [2.24, 2.45) is 0 Å². The normalized spacial score (nSPS) is 17.7. The summed E-state index contributed by atoms with van der Waals surface area (Å²) in [6.07, 6.45) is 3.64. The quantitative estimate of drug-likeness (QED) is 0.886. The van der Waals surface area contributed by atoms with Crippen LogP contribution in [0, 0.1) is 13.8 Å². The summed E-state index contributed by atoms with van der Waals surface area (Å²) in [5.74, 6) is 0.0669. The molecule has 2 N–H and O–H groups in total. The number of carbonyl (C=O) groups is 1. The van der Waals surface area contributed by atoms with E-state index in [0.717, 1.165) is 24.2 Å². The van der Waals surface area contributed by atoms with Gasteiger partial charge < -0.3 is 10.6 Å². The van der Waals surface area contributed by atoms with Crippen LogP contribution < -0.4 is 10.6 Å². The van der Waals surface area contributed by atoms with Crippen LogP contribution in [0.2, 0.25) is 0 Å².